The number of furan rings is 1. The molecule has 0 saturated carbocycles. The van der Waals surface area contributed by atoms with Crippen molar-refractivity contribution in [2.75, 3.05) is 0 Å². The number of rotatable bonds is 4. The van der Waals surface area contributed by atoms with Crippen LogP contribution in [0.5, 0.6) is 0 Å². The van der Waals surface area contributed by atoms with Gasteiger partial charge in [-0.2, -0.15) is 0 Å². The smallest absolute Gasteiger partial charge is 0.198 e. The SMILES string of the molecule is CC(C)=C[CH]CC(=O)c1ccco1. The molecular weight excluding hydrogens is 164 g/mol. The summed E-state index contributed by atoms with van der Waals surface area (Å²) < 4.78 is 4.96. The van der Waals surface area contributed by atoms with Gasteiger partial charge in [-0.05, 0) is 32.4 Å². The molecule has 0 saturated heterocycles. The average Bonchev–Trinajstić information content (AvgIpc) is 2.55. The first kappa shape index (κ1) is 9.78. The number of Topliss-reactive ketones (excluding diaryl/α,β-unsaturated/α-hetero) is 1. The van der Waals surface area contributed by atoms with E-state index in [1.54, 1.807) is 12.1 Å². The van der Waals surface area contributed by atoms with Crippen LogP contribution in [0.4, 0.5) is 0 Å². The first-order chi connectivity index (χ1) is 6.20. The van der Waals surface area contributed by atoms with E-state index in [-0.39, 0.29) is 5.78 Å². The van der Waals surface area contributed by atoms with E-state index in [1.807, 2.05) is 26.3 Å². The maximum absolute atomic E-state index is 11.3. The first-order valence-electron chi connectivity index (χ1n) is 4.23. The van der Waals surface area contributed by atoms with E-state index in [1.165, 1.54) is 11.8 Å². The highest BCUT2D eigenvalue weighted by molar-refractivity contribution is 5.94. The van der Waals surface area contributed by atoms with Crippen LogP contribution in [0.3, 0.4) is 0 Å². The van der Waals surface area contributed by atoms with Gasteiger partial charge in [-0.25, -0.2) is 0 Å². The molecule has 0 bridgehead atoms. The Morgan fingerprint density at radius 1 is 1.54 bits per heavy atom. The highest BCUT2D eigenvalue weighted by Crippen LogP contribution is 2.06. The van der Waals surface area contributed by atoms with Crippen molar-refractivity contribution in [3.63, 3.8) is 0 Å². The van der Waals surface area contributed by atoms with Gasteiger partial charge in [-0.15, -0.1) is 0 Å². The first-order valence-corrected chi connectivity index (χ1v) is 4.23. The second kappa shape index (κ2) is 4.65. The molecule has 0 unspecified atom stereocenters. The number of allylic oxidation sites excluding steroid dienone is 2. The van der Waals surface area contributed by atoms with Crippen LogP contribution in [0, 0.1) is 6.42 Å². The quantitative estimate of drug-likeness (QED) is 0.662. The summed E-state index contributed by atoms with van der Waals surface area (Å²) in [6.07, 6.45) is 5.69. The number of hydrogen-bond donors (Lipinski definition) is 0. The predicted molar refractivity (Wildman–Crippen MR) is 51.4 cm³/mol. The molecule has 0 aliphatic carbocycles. The molecule has 69 valence electrons. The summed E-state index contributed by atoms with van der Waals surface area (Å²) in [5.74, 6) is 0.445. The summed E-state index contributed by atoms with van der Waals surface area (Å²) in [6.45, 7) is 3.99. The second-order valence-corrected chi connectivity index (χ2v) is 3.08. The van der Waals surface area contributed by atoms with E-state index in [0.29, 0.717) is 12.2 Å². The van der Waals surface area contributed by atoms with Gasteiger partial charge >= 0.3 is 0 Å². The fourth-order valence-corrected chi connectivity index (χ4v) is 0.939. The fourth-order valence-electron chi connectivity index (χ4n) is 0.939. The molecule has 0 amide bonds. The zero-order valence-electron chi connectivity index (χ0n) is 7.91. The molecule has 2 nitrogen and oxygen atoms in total. The van der Waals surface area contributed by atoms with Crippen molar-refractivity contribution >= 4 is 5.78 Å². The highest BCUT2D eigenvalue weighted by Gasteiger charge is 2.06. The van der Waals surface area contributed by atoms with Gasteiger partial charge < -0.3 is 4.42 Å². The van der Waals surface area contributed by atoms with Gasteiger partial charge in [0.2, 0.25) is 0 Å². The minimum Gasteiger partial charge on any atom is -0.461 e. The third-order valence-corrected chi connectivity index (χ3v) is 1.55. The van der Waals surface area contributed by atoms with Crippen molar-refractivity contribution in [1.82, 2.24) is 0 Å². The maximum atomic E-state index is 11.3. The summed E-state index contributed by atoms with van der Waals surface area (Å²) in [5, 5.41) is 0. The van der Waals surface area contributed by atoms with Gasteiger partial charge in [0.1, 0.15) is 0 Å². The van der Waals surface area contributed by atoms with Crippen molar-refractivity contribution in [3.05, 3.63) is 42.2 Å². The normalized spacial score (nSPS) is 9.69. The monoisotopic (exact) mass is 177 g/mol. The third kappa shape index (κ3) is 3.28. The lowest BCUT2D eigenvalue weighted by Gasteiger charge is -1.93. The van der Waals surface area contributed by atoms with E-state index in [0.717, 1.165) is 0 Å². The second-order valence-electron chi connectivity index (χ2n) is 3.08. The summed E-state index contributed by atoms with van der Waals surface area (Å²) in [4.78, 5) is 11.3. The Hall–Kier alpha value is -1.31. The number of hydrogen-bond acceptors (Lipinski definition) is 2. The minimum atomic E-state index is 0.0162. The molecule has 0 N–H and O–H groups in total. The van der Waals surface area contributed by atoms with Gasteiger partial charge in [-0.3, -0.25) is 4.79 Å². The summed E-state index contributed by atoms with van der Waals surface area (Å²) >= 11 is 0. The Morgan fingerprint density at radius 3 is 2.85 bits per heavy atom. The molecule has 0 fully saturated rings. The molecule has 1 aromatic heterocycles. The van der Waals surface area contributed by atoms with Crippen LogP contribution in [0.2, 0.25) is 0 Å². The van der Waals surface area contributed by atoms with Gasteiger partial charge in [0.25, 0.3) is 0 Å². The topological polar surface area (TPSA) is 30.2 Å². The Balaban J connectivity index is 2.39. The van der Waals surface area contributed by atoms with Gasteiger partial charge in [0.05, 0.1) is 6.26 Å². The van der Waals surface area contributed by atoms with Crippen LogP contribution in [-0.2, 0) is 0 Å². The molecule has 1 heterocycles. The minimum absolute atomic E-state index is 0.0162. The van der Waals surface area contributed by atoms with Gasteiger partial charge in [-0.1, -0.05) is 11.6 Å². The van der Waals surface area contributed by atoms with E-state index in [9.17, 15) is 4.79 Å². The molecular formula is C11H13O2. The van der Waals surface area contributed by atoms with E-state index in [2.05, 4.69) is 0 Å². The molecule has 13 heavy (non-hydrogen) atoms. The van der Waals surface area contributed by atoms with Crippen LogP contribution in [0.25, 0.3) is 0 Å². The number of ketones is 1. The fraction of sp³-hybridized carbons (Fsp3) is 0.273. The molecule has 1 rings (SSSR count). The third-order valence-electron chi connectivity index (χ3n) is 1.55. The lowest BCUT2D eigenvalue weighted by Crippen LogP contribution is -1.95. The Bertz CT molecular complexity index is 290. The Morgan fingerprint density at radius 2 is 2.31 bits per heavy atom. The molecule has 0 aliphatic heterocycles. The Kier molecular flexibility index (Phi) is 3.50. The van der Waals surface area contributed by atoms with Crippen molar-refractivity contribution in [3.8, 4) is 0 Å². The summed E-state index contributed by atoms with van der Waals surface area (Å²) in [6, 6.07) is 3.40. The van der Waals surface area contributed by atoms with E-state index in [4.69, 9.17) is 4.42 Å². The van der Waals surface area contributed by atoms with Crippen LogP contribution >= 0.6 is 0 Å². The van der Waals surface area contributed by atoms with Gasteiger partial charge in [0.15, 0.2) is 11.5 Å². The zero-order chi connectivity index (χ0) is 9.68. The van der Waals surface area contributed by atoms with E-state index < -0.39 is 0 Å². The standard InChI is InChI=1S/C11H13O2/c1-9(2)5-3-6-10(12)11-7-4-8-13-11/h3-5,7-8H,6H2,1-2H3. The highest BCUT2D eigenvalue weighted by atomic mass is 16.3. The van der Waals surface area contributed by atoms with E-state index >= 15 is 0 Å². The number of carbonyl (C=O) groups excluding carboxylic acids is 1. The summed E-state index contributed by atoms with van der Waals surface area (Å²) in [5.41, 5.74) is 1.19. The molecule has 0 aliphatic rings. The van der Waals surface area contributed by atoms with Crippen LogP contribution in [-0.4, -0.2) is 5.78 Å². The number of carbonyl (C=O) groups is 1. The van der Waals surface area contributed by atoms with Crippen molar-refractivity contribution in [1.29, 1.82) is 0 Å². The molecule has 1 aromatic rings. The maximum Gasteiger partial charge on any atom is 0.198 e. The van der Waals surface area contributed by atoms with Crippen LogP contribution in [0.15, 0.2) is 34.5 Å². The largest absolute Gasteiger partial charge is 0.461 e. The molecule has 0 atom stereocenters. The molecule has 0 spiro atoms. The van der Waals surface area contributed by atoms with Gasteiger partial charge in [0, 0.05) is 6.42 Å². The molecule has 2 heteroatoms. The lowest BCUT2D eigenvalue weighted by molar-refractivity contribution is 0.0966. The van der Waals surface area contributed by atoms with Crippen LogP contribution < -0.4 is 0 Å². The van der Waals surface area contributed by atoms with Crippen molar-refractivity contribution in [2.24, 2.45) is 0 Å². The molecule has 1 radical (unpaired) electrons. The zero-order valence-corrected chi connectivity index (χ0v) is 7.91. The lowest BCUT2D eigenvalue weighted by atomic mass is 10.1. The van der Waals surface area contributed by atoms with Crippen molar-refractivity contribution < 1.29 is 9.21 Å². The Labute approximate surface area is 78.3 Å². The van der Waals surface area contributed by atoms with Crippen LogP contribution in [0.1, 0.15) is 30.8 Å². The van der Waals surface area contributed by atoms with Crippen molar-refractivity contribution in [2.45, 2.75) is 20.3 Å². The summed E-state index contributed by atoms with van der Waals surface area (Å²) in [7, 11) is 0. The molecule has 0 aromatic carbocycles. The predicted octanol–water partition coefficient (Wildman–Crippen LogP) is 3.02. The average molecular weight is 177 g/mol.